The molecule has 0 aromatic heterocycles. The van der Waals surface area contributed by atoms with Crippen LogP contribution in [0.2, 0.25) is 0 Å². The van der Waals surface area contributed by atoms with Crippen LogP contribution >= 0.6 is 0 Å². The summed E-state index contributed by atoms with van der Waals surface area (Å²) in [6.45, 7) is 7.78. The zero-order valence-electron chi connectivity index (χ0n) is 12.3. The number of fused-ring (bicyclic) bond motifs is 1. The molecule has 0 amide bonds. The molecule has 0 spiro atoms. The van der Waals surface area contributed by atoms with Crippen LogP contribution in [0.25, 0.3) is 0 Å². The van der Waals surface area contributed by atoms with E-state index in [9.17, 15) is 15.0 Å². The van der Waals surface area contributed by atoms with Crippen molar-refractivity contribution in [1.29, 1.82) is 0 Å². The number of aliphatic hydroxyl groups excluding tert-OH is 1. The summed E-state index contributed by atoms with van der Waals surface area (Å²) in [4.78, 5) is 11.1. The Balaban J connectivity index is 2.28. The van der Waals surface area contributed by atoms with Crippen LogP contribution in [0.15, 0.2) is 0 Å². The molecule has 4 heteroatoms. The van der Waals surface area contributed by atoms with Crippen molar-refractivity contribution in [2.75, 3.05) is 0 Å². The third-order valence-corrected chi connectivity index (χ3v) is 5.94. The van der Waals surface area contributed by atoms with Crippen molar-refractivity contribution in [1.82, 2.24) is 0 Å². The van der Waals surface area contributed by atoms with E-state index in [1.807, 2.05) is 0 Å². The van der Waals surface area contributed by atoms with Crippen molar-refractivity contribution in [3.05, 3.63) is 0 Å². The van der Waals surface area contributed by atoms with Crippen LogP contribution in [0.5, 0.6) is 0 Å². The van der Waals surface area contributed by atoms with Gasteiger partial charge in [0.1, 0.15) is 12.2 Å². The lowest BCUT2D eigenvalue weighted by Crippen LogP contribution is -2.67. The van der Waals surface area contributed by atoms with Crippen molar-refractivity contribution in [3.8, 4) is 0 Å². The lowest BCUT2D eigenvalue weighted by molar-refractivity contribution is -0.255. The molecule has 0 bridgehead atoms. The molecule has 0 unspecified atom stereocenters. The second-order valence-electron chi connectivity index (χ2n) is 6.78. The van der Waals surface area contributed by atoms with Crippen molar-refractivity contribution >= 4 is 5.97 Å². The highest BCUT2D eigenvalue weighted by atomic mass is 16.6. The Bertz CT molecular complexity index is 369. The molecule has 2 fully saturated rings. The van der Waals surface area contributed by atoms with Crippen molar-refractivity contribution in [2.24, 2.45) is 17.3 Å². The van der Waals surface area contributed by atoms with E-state index in [4.69, 9.17) is 4.74 Å². The van der Waals surface area contributed by atoms with E-state index in [1.165, 1.54) is 6.92 Å². The van der Waals surface area contributed by atoms with Crippen molar-refractivity contribution < 1.29 is 19.7 Å². The smallest absolute Gasteiger partial charge is 0.302 e. The minimum atomic E-state index is -1.14. The SMILES string of the molecule is CC(=O)O[C@@H]1CC[C@]2(C)[C@H](C)[C@H](C)CC[C@]2(O)[C@@H]1O. The summed E-state index contributed by atoms with van der Waals surface area (Å²) in [5.74, 6) is 0.496. The van der Waals surface area contributed by atoms with Gasteiger partial charge in [-0.2, -0.15) is 0 Å². The van der Waals surface area contributed by atoms with Crippen LogP contribution in [0.1, 0.15) is 53.4 Å². The fourth-order valence-electron chi connectivity index (χ4n) is 4.18. The Morgan fingerprint density at radius 2 is 1.89 bits per heavy atom. The Kier molecular flexibility index (Phi) is 3.69. The van der Waals surface area contributed by atoms with Gasteiger partial charge in [-0.25, -0.2) is 0 Å². The lowest BCUT2D eigenvalue weighted by atomic mass is 9.49. The molecule has 0 heterocycles. The Morgan fingerprint density at radius 3 is 2.47 bits per heavy atom. The first kappa shape index (κ1) is 14.8. The number of aliphatic hydroxyl groups is 2. The van der Waals surface area contributed by atoms with Crippen molar-refractivity contribution in [2.45, 2.75) is 71.2 Å². The van der Waals surface area contributed by atoms with Crippen LogP contribution in [-0.2, 0) is 9.53 Å². The second-order valence-corrected chi connectivity index (χ2v) is 6.78. The summed E-state index contributed by atoms with van der Waals surface area (Å²) in [7, 11) is 0. The van der Waals surface area contributed by atoms with Crippen LogP contribution in [0.3, 0.4) is 0 Å². The molecule has 2 aliphatic rings. The quantitative estimate of drug-likeness (QED) is 0.714. The Hall–Kier alpha value is -0.610. The van der Waals surface area contributed by atoms with Crippen LogP contribution in [0.4, 0.5) is 0 Å². The fraction of sp³-hybridized carbons (Fsp3) is 0.933. The number of hydrogen-bond donors (Lipinski definition) is 2. The van der Waals surface area contributed by atoms with E-state index in [-0.39, 0.29) is 5.41 Å². The van der Waals surface area contributed by atoms with E-state index < -0.39 is 23.8 Å². The monoisotopic (exact) mass is 270 g/mol. The normalized spacial score (nSPS) is 50.4. The predicted molar refractivity (Wildman–Crippen MR) is 71.4 cm³/mol. The molecular formula is C15H26O4. The minimum Gasteiger partial charge on any atom is -0.460 e. The van der Waals surface area contributed by atoms with E-state index in [2.05, 4.69) is 20.8 Å². The van der Waals surface area contributed by atoms with Gasteiger partial charge in [-0.05, 0) is 37.5 Å². The molecule has 0 aromatic carbocycles. The molecule has 2 N–H and O–H groups in total. The number of carbonyl (C=O) groups is 1. The predicted octanol–water partition coefficient (Wildman–Crippen LogP) is 1.88. The molecule has 4 nitrogen and oxygen atoms in total. The van der Waals surface area contributed by atoms with E-state index in [0.717, 1.165) is 12.8 Å². The average Bonchev–Trinajstić information content (AvgIpc) is 2.34. The summed E-state index contributed by atoms with van der Waals surface area (Å²) >= 11 is 0. The summed E-state index contributed by atoms with van der Waals surface area (Å²) in [5, 5.41) is 21.6. The lowest BCUT2D eigenvalue weighted by Gasteiger charge is -2.60. The topological polar surface area (TPSA) is 66.8 Å². The van der Waals surface area contributed by atoms with Gasteiger partial charge < -0.3 is 14.9 Å². The largest absolute Gasteiger partial charge is 0.460 e. The van der Waals surface area contributed by atoms with E-state index >= 15 is 0 Å². The summed E-state index contributed by atoms with van der Waals surface area (Å²) in [6, 6.07) is 0. The number of rotatable bonds is 1. The molecule has 0 aliphatic heterocycles. The highest BCUT2D eigenvalue weighted by Gasteiger charge is 2.62. The molecule has 110 valence electrons. The van der Waals surface area contributed by atoms with Gasteiger partial charge in [-0.1, -0.05) is 20.8 Å². The van der Waals surface area contributed by atoms with Gasteiger partial charge in [-0.3, -0.25) is 4.79 Å². The van der Waals surface area contributed by atoms with Gasteiger partial charge >= 0.3 is 5.97 Å². The highest BCUT2D eigenvalue weighted by Crippen LogP contribution is 2.57. The Labute approximate surface area is 115 Å². The zero-order valence-corrected chi connectivity index (χ0v) is 12.3. The van der Waals surface area contributed by atoms with Gasteiger partial charge in [0.2, 0.25) is 0 Å². The highest BCUT2D eigenvalue weighted by molar-refractivity contribution is 5.66. The third kappa shape index (κ3) is 2.09. The van der Waals surface area contributed by atoms with Gasteiger partial charge in [0.05, 0.1) is 5.60 Å². The average molecular weight is 270 g/mol. The standard InChI is InChI=1S/C15H26O4/c1-9-5-8-15(18)13(17)12(19-11(3)16)6-7-14(15,4)10(9)2/h9-10,12-13,17-18H,5-8H2,1-4H3/t9-,10-,12-,13-,14-,15+/m1/s1. The van der Waals surface area contributed by atoms with Crippen molar-refractivity contribution in [3.63, 3.8) is 0 Å². The maximum atomic E-state index is 11.1. The number of esters is 1. The Morgan fingerprint density at radius 1 is 1.26 bits per heavy atom. The maximum Gasteiger partial charge on any atom is 0.302 e. The van der Waals surface area contributed by atoms with Gasteiger partial charge in [0.15, 0.2) is 0 Å². The molecule has 0 radical (unpaired) electrons. The summed E-state index contributed by atoms with van der Waals surface area (Å²) in [6.07, 6.45) is 1.33. The van der Waals surface area contributed by atoms with Gasteiger partial charge in [0.25, 0.3) is 0 Å². The van der Waals surface area contributed by atoms with Gasteiger partial charge in [-0.15, -0.1) is 0 Å². The summed E-state index contributed by atoms with van der Waals surface area (Å²) < 4.78 is 5.18. The minimum absolute atomic E-state index is 0.305. The van der Waals surface area contributed by atoms with Crippen LogP contribution < -0.4 is 0 Å². The molecule has 2 rings (SSSR count). The third-order valence-electron chi connectivity index (χ3n) is 5.94. The van der Waals surface area contributed by atoms with E-state index in [0.29, 0.717) is 24.7 Å². The molecule has 0 saturated heterocycles. The first-order valence-electron chi connectivity index (χ1n) is 7.30. The first-order valence-corrected chi connectivity index (χ1v) is 7.30. The van der Waals surface area contributed by atoms with Gasteiger partial charge in [0, 0.05) is 12.3 Å². The molecule has 0 aromatic rings. The molecule has 6 atom stereocenters. The fourth-order valence-corrected chi connectivity index (χ4v) is 4.18. The molecule has 2 saturated carbocycles. The first-order chi connectivity index (χ1) is 8.72. The van der Waals surface area contributed by atoms with Crippen LogP contribution in [0, 0.1) is 17.3 Å². The van der Waals surface area contributed by atoms with Crippen LogP contribution in [-0.4, -0.2) is 34.0 Å². The second kappa shape index (κ2) is 4.74. The number of ether oxygens (including phenoxy) is 1. The molecule has 2 aliphatic carbocycles. The maximum absolute atomic E-state index is 11.1. The van der Waals surface area contributed by atoms with E-state index in [1.54, 1.807) is 0 Å². The molecule has 19 heavy (non-hydrogen) atoms. The summed E-state index contributed by atoms with van der Waals surface area (Å²) in [5.41, 5.74) is -1.45. The molecular weight excluding hydrogens is 244 g/mol. The number of carbonyl (C=O) groups excluding carboxylic acids is 1. The number of hydrogen-bond acceptors (Lipinski definition) is 4. The zero-order chi connectivity index (χ0) is 14.4.